The van der Waals surface area contributed by atoms with Gasteiger partial charge in [-0.1, -0.05) is 15.9 Å². The van der Waals surface area contributed by atoms with E-state index in [2.05, 4.69) is 26.6 Å². The molecule has 1 saturated heterocycles. The Kier molecular flexibility index (Phi) is 4.18. The zero-order valence-electron chi connectivity index (χ0n) is 9.92. The Morgan fingerprint density at radius 2 is 2.35 bits per heavy atom. The van der Waals surface area contributed by atoms with Gasteiger partial charge >= 0.3 is 0 Å². The number of rotatable bonds is 3. The molecule has 1 atom stereocenters. The quantitative estimate of drug-likeness (QED) is 0.897. The fourth-order valence-electron chi connectivity index (χ4n) is 2.10. The van der Waals surface area contributed by atoms with Gasteiger partial charge in [-0.2, -0.15) is 0 Å². The van der Waals surface area contributed by atoms with Gasteiger partial charge in [-0.25, -0.2) is 0 Å². The molecule has 0 saturated carbocycles. The second kappa shape index (κ2) is 5.65. The van der Waals surface area contributed by atoms with Crippen LogP contribution in [0, 0.1) is 12.8 Å². The Morgan fingerprint density at radius 3 is 3.00 bits per heavy atom. The van der Waals surface area contributed by atoms with Crippen molar-refractivity contribution in [1.29, 1.82) is 0 Å². The van der Waals surface area contributed by atoms with Crippen molar-refractivity contribution >= 4 is 21.8 Å². The summed E-state index contributed by atoms with van der Waals surface area (Å²) in [4.78, 5) is 12.0. The molecular formula is C13H17BrN2O. The lowest BCUT2D eigenvalue weighted by atomic mass is 10.1. The largest absolute Gasteiger partial charge is 0.352 e. The standard InChI is InChI=1S/C13H17BrN2O/c1-9-4-11(6-12(14)5-9)13(17)16-8-10-2-3-15-7-10/h4-6,10,15H,2-3,7-8H2,1H3,(H,16,17). The van der Waals surface area contributed by atoms with Gasteiger partial charge in [0.1, 0.15) is 0 Å². The van der Waals surface area contributed by atoms with E-state index in [1.54, 1.807) is 0 Å². The van der Waals surface area contributed by atoms with Gasteiger partial charge in [-0.3, -0.25) is 4.79 Å². The molecule has 1 aromatic rings. The maximum atomic E-state index is 12.0. The number of nitrogens with one attached hydrogen (secondary N) is 2. The van der Waals surface area contributed by atoms with Crippen molar-refractivity contribution in [3.8, 4) is 0 Å². The highest BCUT2D eigenvalue weighted by Crippen LogP contribution is 2.15. The van der Waals surface area contributed by atoms with Gasteiger partial charge in [0.2, 0.25) is 0 Å². The molecule has 0 aromatic heterocycles. The van der Waals surface area contributed by atoms with E-state index in [9.17, 15) is 4.79 Å². The number of carbonyl (C=O) groups excluding carboxylic acids is 1. The van der Waals surface area contributed by atoms with E-state index in [0.29, 0.717) is 5.92 Å². The molecule has 1 aromatic carbocycles. The molecule has 2 N–H and O–H groups in total. The highest BCUT2D eigenvalue weighted by atomic mass is 79.9. The third kappa shape index (κ3) is 3.54. The van der Waals surface area contributed by atoms with Crippen LogP contribution in [0.15, 0.2) is 22.7 Å². The van der Waals surface area contributed by atoms with Crippen molar-refractivity contribution in [2.45, 2.75) is 13.3 Å². The smallest absolute Gasteiger partial charge is 0.251 e. The van der Waals surface area contributed by atoms with Gasteiger partial charge in [-0.05, 0) is 56.1 Å². The monoisotopic (exact) mass is 296 g/mol. The highest BCUT2D eigenvalue weighted by Gasteiger charge is 2.15. The van der Waals surface area contributed by atoms with E-state index in [1.807, 2.05) is 25.1 Å². The molecule has 2 rings (SSSR count). The number of halogens is 1. The van der Waals surface area contributed by atoms with E-state index < -0.39 is 0 Å². The molecule has 1 heterocycles. The summed E-state index contributed by atoms with van der Waals surface area (Å²) in [5, 5.41) is 6.29. The van der Waals surface area contributed by atoms with Crippen LogP contribution in [0.4, 0.5) is 0 Å². The minimum Gasteiger partial charge on any atom is -0.352 e. The average Bonchev–Trinajstić information content (AvgIpc) is 2.77. The minimum atomic E-state index is 0.0151. The molecule has 3 nitrogen and oxygen atoms in total. The van der Waals surface area contributed by atoms with Crippen LogP contribution in [0.3, 0.4) is 0 Å². The zero-order valence-corrected chi connectivity index (χ0v) is 11.5. The summed E-state index contributed by atoms with van der Waals surface area (Å²) in [7, 11) is 0. The fourth-order valence-corrected chi connectivity index (χ4v) is 2.70. The fraction of sp³-hybridized carbons (Fsp3) is 0.462. The van der Waals surface area contributed by atoms with Crippen LogP contribution in [0.2, 0.25) is 0 Å². The van der Waals surface area contributed by atoms with Gasteiger partial charge in [0.25, 0.3) is 5.91 Å². The van der Waals surface area contributed by atoms with Crippen molar-refractivity contribution in [2.75, 3.05) is 19.6 Å². The lowest BCUT2D eigenvalue weighted by Crippen LogP contribution is -2.30. The molecule has 0 aliphatic carbocycles. The number of carbonyl (C=O) groups is 1. The number of hydrogen-bond acceptors (Lipinski definition) is 2. The third-order valence-electron chi connectivity index (χ3n) is 3.02. The maximum absolute atomic E-state index is 12.0. The number of aryl methyl sites for hydroxylation is 1. The lowest BCUT2D eigenvalue weighted by molar-refractivity contribution is 0.0948. The Morgan fingerprint density at radius 1 is 1.53 bits per heavy atom. The lowest BCUT2D eigenvalue weighted by Gasteiger charge is -2.10. The molecule has 4 heteroatoms. The summed E-state index contributed by atoms with van der Waals surface area (Å²) < 4.78 is 0.949. The summed E-state index contributed by atoms with van der Waals surface area (Å²) in [6.45, 7) is 4.83. The van der Waals surface area contributed by atoms with Crippen molar-refractivity contribution in [3.05, 3.63) is 33.8 Å². The van der Waals surface area contributed by atoms with Gasteiger partial charge in [-0.15, -0.1) is 0 Å². The van der Waals surface area contributed by atoms with E-state index in [1.165, 1.54) is 0 Å². The Balaban J connectivity index is 1.94. The Bertz CT molecular complexity index is 394. The summed E-state index contributed by atoms with van der Waals surface area (Å²) in [5.41, 5.74) is 1.81. The molecule has 0 radical (unpaired) electrons. The minimum absolute atomic E-state index is 0.0151. The normalized spacial score (nSPS) is 19.3. The van der Waals surface area contributed by atoms with Gasteiger partial charge in [0, 0.05) is 16.6 Å². The van der Waals surface area contributed by atoms with Crippen LogP contribution < -0.4 is 10.6 Å². The molecule has 1 unspecified atom stereocenters. The molecule has 1 fully saturated rings. The highest BCUT2D eigenvalue weighted by molar-refractivity contribution is 9.10. The topological polar surface area (TPSA) is 41.1 Å². The van der Waals surface area contributed by atoms with Crippen LogP contribution in [0.5, 0.6) is 0 Å². The predicted octanol–water partition coefficient (Wildman–Crippen LogP) is 2.10. The van der Waals surface area contributed by atoms with Gasteiger partial charge < -0.3 is 10.6 Å². The molecule has 1 aliphatic heterocycles. The van der Waals surface area contributed by atoms with E-state index in [4.69, 9.17) is 0 Å². The molecule has 1 amide bonds. The first-order chi connectivity index (χ1) is 8.15. The Hall–Kier alpha value is -0.870. The second-order valence-corrected chi connectivity index (χ2v) is 5.50. The van der Waals surface area contributed by atoms with Gasteiger partial charge in [0.05, 0.1) is 0 Å². The first-order valence-electron chi connectivity index (χ1n) is 5.91. The average molecular weight is 297 g/mol. The van der Waals surface area contributed by atoms with Crippen molar-refractivity contribution in [1.82, 2.24) is 10.6 Å². The third-order valence-corrected chi connectivity index (χ3v) is 3.48. The SMILES string of the molecule is Cc1cc(Br)cc(C(=O)NCC2CCNC2)c1. The molecular weight excluding hydrogens is 280 g/mol. The van der Waals surface area contributed by atoms with Crippen molar-refractivity contribution in [2.24, 2.45) is 5.92 Å². The van der Waals surface area contributed by atoms with E-state index in [-0.39, 0.29) is 5.91 Å². The van der Waals surface area contributed by atoms with Gasteiger partial charge in [0.15, 0.2) is 0 Å². The summed E-state index contributed by atoms with van der Waals surface area (Å²) >= 11 is 3.41. The Labute approximate surface area is 110 Å². The summed E-state index contributed by atoms with van der Waals surface area (Å²) in [6.07, 6.45) is 1.15. The molecule has 0 spiro atoms. The second-order valence-electron chi connectivity index (χ2n) is 4.59. The number of hydrogen-bond donors (Lipinski definition) is 2. The van der Waals surface area contributed by atoms with E-state index >= 15 is 0 Å². The summed E-state index contributed by atoms with van der Waals surface area (Å²) in [6, 6.07) is 5.76. The zero-order chi connectivity index (χ0) is 12.3. The van der Waals surface area contributed by atoms with Crippen LogP contribution in [-0.4, -0.2) is 25.5 Å². The van der Waals surface area contributed by atoms with Crippen LogP contribution >= 0.6 is 15.9 Å². The predicted molar refractivity (Wildman–Crippen MR) is 72.2 cm³/mol. The van der Waals surface area contributed by atoms with Crippen molar-refractivity contribution in [3.63, 3.8) is 0 Å². The molecule has 0 bridgehead atoms. The number of amides is 1. The first-order valence-corrected chi connectivity index (χ1v) is 6.70. The molecule has 17 heavy (non-hydrogen) atoms. The summed E-state index contributed by atoms with van der Waals surface area (Å²) in [5.74, 6) is 0.591. The van der Waals surface area contributed by atoms with Crippen LogP contribution in [-0.2, 0) is 0 Å². The van der Waals surface area contributed by atoms with Crippen LogP contribution in [0.25, 0.3) is 0 Å². The molecule has 1 aliphatic rings. The van der Waals surface area contributed by atoms with Crippen LogP contribution in [0.1, 0.15) is 22.3 Å². The van der Waals surface area contributed by atoms with Crippen molar-refractivity contribution < 1.29 is 4.79 Å². The first kappa shape index (κ1) is 12.6. The van der Waals surface area contributed by atoms with E-state index in [0.717, 1.165) is 41.7 Å². The maximum Gasteiger partial charge on any atom is 0.251 e. The molecule has 92 valence electrons. The number of benzene rings is 1.